The molecule has 1 rings (SSSR count). The molecule has 1 amide bonds. The molecule has 0 unspecified atom stereocenters. The third-order valence-corrected chi connectivity index (χ3v) is 4.15. The topological polar surface area (TPSA) is 82.1 Å². The van der Waals surface area contributed by atoms with Crippen molar-refractivity contribution in [2.75, 3.05) is 45.8 Å². The Kier molecular flexibility index (Phi) is 9.82. The van der Waals surface area contributed by atoms with Crippen LogP contribution in [0.1, 0.15) is 52.9 Å². The van der Waals surface area contributed by atoms with Crippen molar-refractivity contribution in [3.05, 3.63) is 0 Å². The number of nitrogens with one attached hydrogen (secondary N) is 1. The van der Waals surface area contributed by atoms with Crippen molar-refractivity contribution in [2.45, 2.75) is 58.5 Å². The summed E-state index contributed by atoms with van der Waals surface area (Å²) in [5, 5.41) is 11.4. The summed E-state index contributed by atoms with van der Waals surface area (Å²) in [6.45, 7) is 12.5. The van der Waals surface area contributed by atoms with E-state index in [-0.39, 0.29) is 12.5 Å². The number of alkyl carbamates (subject to hydrolysis) is 1. The van der Waals surface area contributed by atoms with Crippen LogP contribution < -0.4 is 5.32 Å². The number of aliphatic carboxylic acids is 1. The van der Waals surface area contributed by atoms with Crippen LogP contribution in [0, 0.1) is 0 Å². The van der Waals surface area contributed by atoms with Crippen LogP contribution >= 0.6 is 0 Å². The van der Waals surface area contributed by atoms with Crippen molar-refractivity contribution in [1.82, 2.24) is 15.1 Å². The molecule has 7 nitrogen and oxygen atoms in total. The second-order valence-electron chi connectivity index (χ2n) is 7.67. The van der Waals surface area contributed by atoms with E-state index in [1.54, 1.807) is 0 Å². The molecule has 146 valence electrons. The number of amides is 1. The highest BCUT2D eigenvalue weighted by molar-refractivity contribution is 5.67. The van der Waals surface area contributed by atoms with E-state index in [0.717, 1.165) is 65.0 Å². The quantitative estimate of drug-likeness (QED) is 0.583. The number of carbonyl (C=O) groups is 2. The smallest absolute Gasteiger partial charge is 0.407 e. The molecule has 0 saturated carbocycles. The molecule has 1 fully saturated rings. The van der Waals surface area contributed by atoms with E-state index in [0.29, 0.717) is 6.54 Å². The van der Waals surface area contributed by atoms with E-state index >= 15 is 0 Å². The van der Waals surface area contributed by atoms with Crippen molar-refractivity contribution >= 4 is 12.1 Å². The number of unbranched alkanes of at least 4 members (excludes halogenated alkanes) is 2. The summed E-state index contributed by atoms with van der Waals surface area (Å²) in [7, 11) is 0. The maximum Gasteiger partial charge on any atom is 0.407 e. The fraction of sp³-hybridized carbons (Fsp3) is 0.889. The van der Waals surface area contributed by atoms with E-state index < -0.39 is 11.6 Å². The number of carbonyl (C=O) groups excluding carboxylic acids is 1. The van der Waals surface area contributed by atoms with Crippen molar-refractivity contribution < 1.29 is 19.4 Å². The molecule has 1 saturated heterocycles. The van der Waals surface area contributed by atoms with Crippen LogP contribution in [0.2, 0.25) is 0 Å². The van der Waals surface area contributed by atoms with Gasteiger partial charge in [-0.05, 0) is 59.5 Å². The first-order chi connectivity index (χ1) is 11.8. The average Bonchev–Trinajstić information content (AvgIpc) is 2.50. The van der Waals surface area contributed by atoms with Gasteiger partial charge < -0.3 is 25.0 Å². The van der Waals surface area contributed by atoms with E-state index in [2.05, 4.69) is 15.1 Å². The van der Waals surface area contributed by atoms with Gasteiger partial charge in [0.05, 0.1) is 0 Å². The Balaban J connectivity index is 1.98. The highest BCUT2D eigenvalue weighted by atomic mass is 16.6. The second kappa shape index (κ2) is 11.3. The monoisotopic (exact) mass is 357 g/mol. The maximum absolute atomic E-state index is 11.5. The molecule has 2 N–H and O–H groups in total. The van der Waals surface area contributed by atoms with Gasteiger partial charge >= 0.3 is 12.1 Å². The van der Waals surface area contributed by atoms with Crippen LogP contribution in [0.15, 0.2) is 0 Å². The normalized spacial score (nSPS) is 16.6. The van der Waals surface area contributed by atoms with Crippen LogP contribution in [-0.4, -0.2) is 78.4 Å². The third kappa shape index (κ3) is 11.8. The number of piperazine rings is 1. The predicted molar refractivity (Wildman–Crippen MR) is 97.8 cm³/mol. The first-order valence-electron chi connectivity index (χ1n) is 9.39. The molecular weight excluding hydrogens is 322 g/mol. The molecule has 25 heavy (non-hydrogen) atoms. The average molecular weight is 357 g/mol. The zero-order chi connectivity index (χ0) is 18.7. The SMILES string of the molecule is CC(C)(C)OC(=O)NCCCCN1CCN(CCCCC(=O)O)CC1. The minimum Gasteiger partial charge on any atom is -0.481 e. The number of nitrogens with zero attached hydrogens (tertiary/aromatic N) is 2. The number of ether oxygens (including phenoxy) is 1. The van der Waals surface area contributed by atoms with Crippen molar-refractivity contribution in [1.29, 1.82) is 0 Å². The Morgan fingerprint density at radius 2 is 1.48 bits per heavy atom. The number of carboxylic acids is 1. The Hall–Kier alpha value is -1.34. The van der Waals surface area contributed by atoms with Crippen molar-refractivity contribution in [2.24, 2.45) is 0 Å². The predicted octanol–water partition coefficient (Wildman–Crippen LogP) is 2.16. The largest absolute Gasteiger partial charge is 0.481 e. The summed E-state index contributed by atoms with van der Waals surface area (Å²) in [5.41, 5.74) is -0.447. The van der Waals surface area contributed by atoms with E-state index in [9.17, 15) is 9.59 Å². The highest BCUT2D eigenvalue weighted by Crippen LogP contribution is 2.07. The molecule has 0 aliphatic carbocycles. The minimum atomic E-state index is -0.703. The molecule has 0 aromatic rings. The van der Waals surface area contributed by atoms with Gasteiger partial charge in [0.15, 0.2) is 0 Å². The lowest BCUT2D eigenvalue weighted by molar-refractivity contribution is -0.137. The molecule has 0 radical (unpaired) electrons. The first-order valence-corrected chi connectivity index (χ1v) is 9.39. The summed E-state index contributed by atoms with van der Waals surface area (Å²) in [6, 6.07) is 0. The Bertz CT molecular complexity index is 402. The molecule has 0 atom stereocenters. The molecule has 0 aromatic carbocycles. The Morgan fingerprint density at radius 1 is 0.960 bits per heavy atom. The number of hydrogen-bond acceptors (Lipinski definition) is 5. The van der Waals surface area contributed by atoms with Crippen LogP contribution in [0.5, 0.6) is 0 Å². The first kappa shape index (κ1) is 21.7. The second-order valence-corrected chi connectivity index (χ2v) is 7.67. The molecule has 0 bridgehead atoms. The van der Waals surface area contributed by atoms with E-state index in [1.165, 1.54) is 0 Å². The lowest BCUT2D eigenvalue weighted by Crippen LogP contribution is -2.46. The van der Waals surface area contributed by atoms with Crippen LogP contribution in [0.25, 0.3) is 0 Å². The molecule has 1 aliphatic rings. The summed E-state index contributed by atoms with van der Waals surface area (Å²) < 4.78 is 5.20. The number of hydrogen-bond donors (Lipinski definition) is 2. The molecule has 1 heterocycles. The Morgan fingerprint density at radius 3 is 1.96 bits per heavy atom. The summed E-state index contributed by atoms with van der Waals surface area (Å²) in [6.07, 6.45) is 3.67. The van der Waals surface area contributed by atoms with Gasteiger partial charge in [0.2, 0.25) is 0 Å². The lowest BCUT2D eigenvalue weighted by Gasteiger charge is -2.34. The lowest BCUT2D eigenvalue weighted by atomic mass is 10.2. The van der Waals surface area contributed by atoms with Crippen LogP contribution in [0.3, 0.4) is 0 Å². The molecule has 1 aliphatic heterocycles. The third-order valence-electron chi connectivity index (χ3n) is 4.15. The van der Waals surface area contributed by atoms with Crippen LogP contribution in [-0.2, 0) is 9.53 Å². The highest BCUT2D eigenvalue weighted by Gasteiger charge is 2.17. The summed E-state index contributed by atoms with van der Waals surface area (Å²) >= 11 is 0. The van der Waals surface area contributed by atoms with Gasteiger partial charge in [-0.25, -0.2) is 4.79 Å². The summed E-state index contributed by atoms with van der Waals surface area (Å²) in [4.78, 5) is 26.9. The number of rotatable bonds is 10. The molecular formula is C18H35N3O4. The number of carboxylic acid groups (broad SMARTS) is 1. The standard InChI is InChI=1S/C18H35N3O4/c1-18(2,3)25-17(24)19-9-5-7-11-21-14-12-20(13-15-21)10-6-4-8-16(22)23/h4-15H2,1-3H3,(H,19,24)(H,22,23). The van der Waals surface area contributed by atoms with Crippen LogP contribution in [0.4, 0.5) is 4.79 Å². The van der Waals surface area contributed by atoms with Gasteiger partial charge in [-0.2, -0.15) is 0 Å². The zero-order valence-electron chi connectivity index (χ0n) is 16.1. The fourth-order valence-corrected chi connectivity index (χ4v) is 2.81. The maximum atomic E-state index is 11.5. The van der Waals surface area contributed by atoms with E-state index in [4.69, 9.17) is 9.84 Å². The molecule has 0 spiro atoms. The van der Waals surface area contributed by atoms with Crippen molar-refractivity contribution in [3.63, 3.8) is 0 Å². The van der Waals surface area contributed by atoms with E-state index in [1.807, 2.05) is 20.8 Å². The summed E-state index contributed by atoms with van der Waals surface area (Å²) in [5.74, 6) is -0.703. The van der Waals surface area contributed by atoms with Gasteiger partial charge in [0.25, 0.3) is 0 Å². The molecule has 7 heteroatoms. The fourth-order valence-electron chi connectivity index (χ4n) is 2.81. The zero-order valence-corrected chi connectivity index (χ0v) is 16.1. The van der Waals surface area contributed by atoms with Gasteiger partial charge in [-0.1, -0.05) is 0 Å². The van der Waals surface area contributed by atoms with Gasteiger partial charge in [0.1, 0.15) is 5.60 Å². The van der Waals surface area contributed by atoms with Crippen molar-refractivity contribution in [3.8, 4) is 0 Å². The van der Waals surface area contributed by atoms with Gasteiger partial charge in [0, 0.05) is 39.1 Å². The minimum absolute atomic E-state index is 0.275. The molecule has 0 aromatic heterocycles. The Labute approximate surface area is 151 Å². The van der Waals surface area contributed by atoms with Gasteiger partial charge in [-0.15, -0.1) is 0 Å². The van der Waals surface area contributed by atoms with Gasteiger partial charge in [-0.3, -0.25) is 4.79 Å².